The van der Waals surface area contributed by atoms with Crippen LogP contribution in [-0.2, 0) is 0 Å². The first kappa shape index (κ1) is 14.8. The van der Waals surface area contributed by atoms with Gasteiger partial charge < -0.3 is 4.74 Å². The quantitative estimate of drug-likeness (QED) is 0.624. The first-order valence-electron chi connectivity index (χ1n) is 6.60. The van der Waals surface area contributed by atoms with Gasteiger partial charge in [-0.25, -0.2) is 9.97 Å². The zero-order valence-electron chi connectivity index (χ0n) is 11.8. The summed E-state index contributed by atoms with van der Waals surface area (Å²) in [5.74, 6) is 1.36. The van der Waals surface area contributed by atoms with Crippen LogP contribution in [0.3, 0.4) is 0 Å². The monoisotopic (exact) mass is 330 g/mol. The van der Waals surface area contributed by atoms with E-state index in [2.05, 4.69) is 9.97 Å². The Morgan fingerprint density at radius 1 is 0.818 bits per heavy atom. The molecule has 0 aliphatic heterocycles. The summed E-state index contributed by atoms with van der Waals surface area (Å²) >= 11 is 12.0. The molecule has 0 saturated carbocycles. The molecule has 0 aliphatic rings. The van der Waals surface area contributed by atoms with Crippen molar-refractivity contribution in [3.8, 4) is 28.4 Å². The molecule has 3 aromatic rings. The van der Waals surface area contributed by atoms with Gasteiger partial charge in [-0.2, -0.15) is 0 Å². The second-order valence-corrected chi connectivity index (χ2v) is 5.46. The van der Waals surface area contributed by atoms with Crippen LogP contribution in [0.2, 0.25) is 10.2 Å². The predicted molar refractivity (Wildman–Crippen MR) is 89.5 cm³/mol. The lowest BCUT2D eigenvalue weighted by Gasteiger charge is -2.07. The molecular formula is C17H12Cl2N2O. The molecule has 0 aliphatic carbocycles. The van der Waals surface area contributed by atoms with Crippen molar-refractivity contribution < 1.29 is 4.74 Å². The molecule has 3 nitrogen and oxygen atoms in total. The fraction of sp³-hybridized carbons (Fsp3) is 0.0588. The molecule has 0 spiro atoms. The highest BCUT2D eigenvalue weighted by molar-refractivity contribution is 6.30. The normalized spacial score (nSPS) is 10.5. The summed E-state index contributed by atoms with van der Waals surface area (Å²) in [5, 5.41) is 1.06. The highest BCUT2D eigenvalue weighted by Gasteiger charge is 2.08. The highest BCUT2D eigenvalue weighted by atomic mass is 35.5. The molecule has 0 atom stereocenters. The molecule has 0 amide bonds. The van der Waals surface area contributed by atoms with Crippen molar-refractivity contribution >= 4 is 23.2 Å². The highest BCUT2D eigenvalue weighted by Crippen LogP contribution is 2.26. The van der Waals surface area contributed by atoms with E-state index in [0.29, 0.717) is 16.0 Å². The summed E-state index contributed by atoms with van der Waals surface area (Å²) in [5.41, 5.74) is 2.56. The second-order valence-electron chi connectivity index (χ2n) is 4.63. The minimum Gasteiger partial charge on any atom is -0.497 e. The van der Waals surface area contributed by atoms with Gasteiger partial charge >= 0.3 is 0 Å². The van der Waals surface area contributed by atoms with Crippen molar-refractivity contribution in [3.05, 3.63) is 64.8 Å². The minimum atomic E-state index is 0.394. The first-order valence-corrected chi connectivity index (χ1v) is 7.36. The summed E-state index contributed by atoms with van der Waals surface area (Å²) < 4.78 is 5.16. The zero-order chi connectivity index (χ0) is 15.5. The lowest BCUT2D eigenvalue weighted by Crippen LogP contribution is -1.93. The molecule has 1 heterocycles. The summed E-state index contributed by atoms with van der Waals surface area (Å²) in [6.07, 6.45) is 0. The third-order valence-electron chi connectivity index (χ3n) is 3.18. The third kappa shape index (κ3) is 3.21. The van der Waals surface area contributed by atoms with Gasteiger partial charge in [-0.3, -0.25) is 0 Å². The molecule has 0 radical (unpaired) electrons. The van der Waals surface area contributed by atoms with Gasteiger partial charge in [0.15, 0.2) is 5.82 Å². The molecule has 2 aromatic carbocycles. The van der Waals surface area contributed by atoms with Crippen molar-refractivity contribution in [1.82, 2.24) is 9.97 Å². The zero-order valence-corrected chi connectivity index (χ0v) is 13.3. The van der Waals surface area contributed by atoms with Crippen LogP contribution >= 0.6 is 23.2 Å². The minimum absolute atomic E-state index is 0.394. The van der Waals surface area contributed by atoms with Gasteiger partial charge in [-0.05, 0) is 48.5 Å². The maximum absolute atomic E-state index is 6.14. The van der Waals surface area contributed by atoms with Crippen LogP contribution in [0.5, 0.6) is 5.75 Å². The van der Waals surface area contributed by atoms with Crippen LogP contribution in [0.15, 0.2) is 54.6 Å². The Morgan fingerprint density at radius 3 is 2.09 bits per heavy atom. The van der Waals surface area contributed by atoms with E-state index in [-0.39, 0.29) is 0 Å². The Kier molecular flexibility index (Phi) is 4.27. The Labute approximate surface area is 138 Å². The van der Waals surface area contributed by atoms with Gasteiger partial charge in [0.2, 0.25) is 0 Å². The third-order valence-corrected chi connectivity index (χ3v) is 3.63. The summed E-state index contributed by atoms with van der Waals surface area (Å²) in [6.45, 7) is 0. The first-order chi connectivity index (χ1) is 10.7. The Bertz CT molecular complexity index is 787. The molecule has 110 valence electrons. The number of hydrogen-bond donors (Lipinski definition) is 0. The van der Waals surface area contributed by atoms with E-state index in [1.54, 1.807) is 25.3 Å². The molecule has 5 heteroatoms. The molecule has 0 saturated heterocycles. The fourth-order valence-electron chi connectivity index (χ4n) is 2.06. The van der Waals surface area contributed by atoms with Gasteiger partial charge in [0, 0.05) is 22.2 Å². The van der Waals surface area contributed by atoms with Gasteiger partial charge in [0.25, 0.3) is 0 Å². The summed E-state index contributed by atoms with van der Waals surface area (Å²) in [4.78, 5) is 8.86. The Balaban J connectivity index is 2.03. The van der Waals surface area contributed by atoms with E-state index in [4.69, 9.17) is 27.9 Å². The molecule has 0 fully saturated rings. The van der Waals surface area contributed by atoms with Crippen LogP contribution in [0.25, 0.3) is 22.6 Å². The van der Waals surface area contributed by atoms with E-state index < -0.39 is 0 Å². The largest absolute Gasteiger partial charge is 0.497 e. The Hall–Kier alpha value is -2.10. The molecule has 0 unspecified atom stereocenters. The molecular weight excluding hydrogens is 319 g/mol. The SMILES string of the molecule is COc1ccc(-c2cc(Cl)nc(-c3ccc(Cl)cc3)n2)cc1. The van der Waals surface area contributed by atoms with E-state index in [9.17, 15) is 0 Å². The number of rotatable bonds is 3. The summed E-state index contributed by atoms with van der Waals surface area (Å²) in [7, 11) is 1.63. The maximum atomic E-state index is 6.14. The van der Waals surface area contributed by atoms with Crippen molar-refractivity contribution in [3.63, 3.8) is 0 Å². The van der Waals surface area contributed by atoms with E-state index in [1.807, 2.05) is 36.4 Å². The number of ether oxygens (including phenoxy) is 1. The lowest BCUT2D eigenvalue weighted by atomic mass is 10.1. The van der Waals surface area contributed by atoms with Crippen molar-refractivity contribution in [2.24, 2.45) is 0 Å². The second kappa shape index (κ2) is 6.34. The van der Waals surface area contributed by atoms with Crippen molar-refractivity contribution in [2.75, 3.05) is 7.11 Å². The average Bonchev–Trinajstić information content (AvgIpc) is 2.55. The van der Waals surface area contributed by atoms with Gasteiger partial charge in [0.05, 0.1) is 12.8 Å². The van der Waals surface area contributed by atoms with Gasteiger partial charge in [-0.1, -0.05) is 23.2 Å². The number of benzene rings is 2. The fourth-order valence-corrected chi connectivity index (χ4v) is 2.36. The number of halogens is 2. The van der Waals surface area contributed by atoms with E-state index in [1.165, 1.54) is 0 Å². The average molecular weight is 331 g/mol. The van der Waals surface area contributed by atoms with Gasteiger partial charge in [0.1, 0.15) is 10.9 Å². The lowest BCUT2D eigenvalue weighted by molar-refractivity contribution is 0.415. The number of hydrogen-bond acceptors (Lipinski definition) is 3. The maximum Gasteiger partial charge on any atom is 0.161 e. The molecule has 22 heavy (non-hydrogen) atoms. The van der Waals surface area contributed by atoms with Crippen LogP contribution in [0.4, 0.5) is 0 Å². The Morgan fingerprint density at radius 2 is 1.45 bits per heavy atom. The topological polar surface area (TPSA) is 35.0 Å². The van der Waals surface area contributed by atoms with Crippen LogP contribution in [0, 0.1) is 0 Å². The predicted octanol–water partition coefficient (Wildman–Crippen LogP) is 5.13. The van der Waals surface area contributed by atoms with E-state index >= 15 is 0 Å². The van der Waals surface area contributed by atoms with Crippen LogP contribution in [0.1, 0.15) is 0 Å². The van der Waals surface area contributed by atoms with E-state index in [0.717, 1.165) is 22.6 Å². The number of nitrogens with zero attached hydrogens (tertiary/aromatic N) is 2. The molecule has 0 bridgehead atoms. The number of aromatic nitrogens is 2. The molecule has 3 rings (SSSR count). The molecule has 1 aromatic heterocycles. The van der Waals surface area contributed by atoms with Gasteiger partial charge in [-0.15, -0.1) is 0 Å². The molecule has 0 N–H and O–H groups in total. The van der Waals surface area contributed by atoms with Crippen molar-refractivity contribution in [1.29, 1.82) is 0 Å². The van der Waals surface area contributed by atoms with Crippen LogP contribution in [-0.4, -0.2) is 17.1 Å². The summed E-state index contributed by atoms with van der Waals surface area (Å²) in [6, 6.07) is 16.7. The van der Waals surface area contributed by atoms with Crippen molar-refractivity contribution in [2.45, 2.75) is 0 Å². The standard InChI is InChI=1S/C17H12Cl2N2O/c1-22-14-8-4-11(5-9-14)15-10-16(19)21-17(20-15)12-2-6-13(18)7-3-12/h2-10H,1H3. The number of methoxy groups -OCH3 is 1. The smallest absolute Gasteiger partial charge is 0.161 e. The van der Waals surface area contributed by atoms with Crippen LogP contribution < -0.4 is 4.74 Å².